The topological polar surface area (TPSA) is 67.2 Å². The normalized spacial score (nSPS) is 12.5. The first kappa shape index (κ1) is 16.5. The third kappa shape index (κ3) is 4.52. The SMILES string of the molecule is CCC(O)(CC)CNC(=O)Cn1ccc(C(F)(F)F)n1. The highest BCUT2D eigenvalue weighted by molar-refractivity contribution is 5.75. The van der Waals surface area contributed by atoms with E-state index in [0.29, 0.717) is 12.8 Å². The van der Waals surface area contributed by atoms with Gasteiger partial charge in [-0.25, -0.2) is 0 Å². The monoisotopic (exact) mass is 293 g/mol. The summed E-state index contributed by atoms with van der Waals surface area (Å²) in [5, 5.41) is 15.7. The molecular formula is C12H18F3N3O2. The maximum absolute atomic E-state index is 12.3. The minimum atomic E-state index is -4.52. The molecule has 1 rings (SSSR count). The predicted molar refractivity (Wildman–Crippen MR) is 65.8 cm³/mol. The Morgan fingerprint density at radius 1 is 1.40 bits per heavy atom. The largest absolute Gasteiger partial charge is 0.435 e. The first-order chi connectivity index (χ1) is 9.20. The molecule has 0 aliphatic heterocycles. The van der Waals surface area contributed by atoms with Gasteiger partial charge in [0.25, 0.3) is 0 Å². The Hall–Kier alpha value is -1.57. The third-order valence-electron chi connectivity index (χ3n) is 3.17. The van der Waals surface area contributed by atoms with Crippen LogP contribution < -0.4 is 5.32 Å². The fourth-order valence-corrected chi connectivity index (χ4v) is 1.57. The maximum atomic E-state index is 12.3. The van der Waals surface area contributed by atoms with E-state index in [4.69, 9.17) is 0 Å². The number of carbonyl (C=O) groups excluding carboxylic acids is 1. The molecule has 0 unspecified atom stereocenters. The van der Waals surface area contributed by atoms with Gasteiger partial charge in [0, 0.05) is 12.7 Å². The van der Waals surface area contributed by atoms with Crippen LogP contribution in [0.2, 0.25) is 0 Å². The second kappa shape index (κ2) is 6.25. The molecule has 1 amide bonds. The van der Waals surface area contributed by atoms with Gasteiger partial charge in [0.15, 0.2) is 5.69 Å². The smallest absolute Gasteiger partial charge is 0.388 e. The molecule has 0 atom stereocenters. The lowest BCUT2D eigenvalue weighted by Gasteiger charge is -2.25. The van der Waals surface area contributed by atoms with Gasteiger partial charge in [-0.2, -0.15) is 18.3 Å². The van der Waals surface area contributed by atoms with E-state index in [1.54, 1.807) is 13.8 Å². The van der Waals surface area contributed by atoms with Crippen molar-refractivity contribution in [1.29, 1.82) is 0 Å². The van der Waals surface area contributed by atoms with Crippen LogP contribution in [0.25, 0.3) is 0 Å². The van der Waals surface area contributed by atoms with E-state index in [9.17, 15) is 23.1 Å². The molecule has 0 aromatic carbocycles. The molecule has 8 heteroatoms. The first-order valence-electron chi connectivity index (χ1n) is 6.30. The van der Waals surface area contributed by atoms with Crippen LogP contribution in [-0.4, -0.2) is 32.9 Å². The summed E-state index contributed by atoms with van der Waals surface area (Å²) in [6.45, 7) is 3.32. The Labute approximate surface area is 114 Å². The molecule has 0 bridgehead atoms. The van der Waals surface area contributed by atoms with Gasteiger partial charge in [-0.3, -0.25) is 9.48 Å². The van der Waals surface area contributed by atoms with Crippen molar-refractivity contribution in [2.45, 2.75) is 45.0 Å². The van der Waals surface area contributed by atoms with Crippen LogP contribution in [-0.2, 0) is 17.5 Å². The number of nitrogens with zero attached hydrogens (tertiary/aromatic N) is 2. The molecule has 0 aliphatic rings. The summed E-state index contributed by atoms with van der Waals surface area (Å²) in [6, 6.07) is 0.807. The van der Waals surface area contributed by atoms with Crippen molar-refractivity contribution in [1.82, 2.24) is 15.1 Å². The first-order valence-corrected chi connectivity index (χ1v) is 6.30. The van der Waals surface area contributed by atoms with Gasteiger partial charge in [-0.05, 0) is 18.9 Å². The summed E-state index contributed by atoms with van der Waals surface area (Å²) in [6.07, 6.45) is -2.48. The molecule has 1 aromatic rings. The number of aliphatic hydroxyl groups is 1. The van der Waals surface area contributed by atoms with Crippen LogP contribution in [0.4, 0.5) is 13.2 Å². The quantitative estimate of drug-likeness (QED) is 0.836. The molecule has 1 aromatic heterocycles. The fourth-order valence-electron chi connectivity index (χ4n) is 1.57. The van der Waals surface area contributed by atoms with Gasteiger partial charge in [0.05, 0.1) is 5.60 Å². The van der Waals surface area contributed by atoms with Crippen molar-refractivity contribution in [3.63, 3.8) is 0 Å². The van der Waals surface area contributed by atoms with E-state index >= 15 is 0 Å². The number of halogens is 3. The standard InChI is InChI=1S/C12H18F3N3O2/c1-3-11(20,4-2)8-16-10(19)7-18-6-5-9(17-18)12(13,14)15/h5-6,20H,3-4,7-8H2,1-2H3,(H,16,19). The zero-order valence-electron chi connectivity index (χ0n) is 11.4. The molecule has 1 heterocycles. The summed E-state index contributed by atoms with van der Waals surface area (Å²) < 4.78 is 37.9. The molecule has 2 N–H and O–H groups in total. The van der Waals surface area contributed by atoms with E-state index in [2.05, 4.69) is 10.4 Å². The van der Waals surface area contributed by atoms with Crippen LogP contribution >= 0.6 is 0 Å². The number of nitrogens with one attached hydrogen (secondary N) is 1. The zero-order chi connectivity index (χ0) is 15.4. The number of aromatic nitrogens is 2. The van der Waals surface area contributed by atoms with Crippen LogP contribution in [0.3, 0.4) is 0 Å². The molecule has 5 nitrogen and oxygen atoms in total. The van der Waals surface area contributed by atoms with Crippen LogP contribution in [0.5, 0.6) is 0 Å². The molecule has 20 heavy (non-hydrogen) atoms. The fraction of sp³-hybridized carbons (Fsp3) is 0.667. The van der Waals surface area contributed by atoms with Crippen molar-refractivity contribution in [2.24, 2.45) is 0 Å². The van der Waals surface area contributed by atoms with Crippen molar-refractivity contribution in [3.05, 3.63) is 18.0 Å². The maximum Gasteiger partial charge on any atom is 0.435 e. The summed E-state index contributed by atoms with van der Waals surface area (Å²) >= 11 is 0. The van der Waals surface area contributed by atoms with Crippen molar-refractivity contribution in [2.75, 3.05) is 6.54 Å². The van der Waals surface area contributed by atoms with Crippen LogP contribution in [0.1, 0.15) is 32.4 Å². The van der Waals surface area contributed by atoms with E-state index in [-0.39, 0.29) is 13.1 Å². The number of amides is 1. The third-order valence-corrected chi connectivity index (χ3v) is 3.17. The van der Waals surface area contributed by atoms with E-state index in [1.165, 1.54) is 0 Å². The minimum Gasteiger partial charge on any atom is -0.388 e. The van der Waals surface area contributed by atoms with Crippen LogP contribution in [0, 0.1) is 0 Å². The second-order valence-electron chi connectivity index (χ2n) is 4.60. The average Bonchev–Trinajstić information content (AvgIpc) is 2.84. The predicted octanol–water partition coefficient (Wildman–Crippen LogP) is 1.57. The molecule has 0 saturated carbocycles. The Kier molecular flexibility index (Phi) is 5.15. The van der Waals surface area contributed by atoms with Gasteiger partial charge < -0.3 is 10.4 Å². The minimum absolute atomic E-state index is 0.0617. The molecule has 0 radical (unpaired) electrons. The van der Waals surface area contributed by atoms with Gasteiger partial charge in [-0.15, -0.1) is 0 Å². The van der Waals surface area contributed by atoms with Gasteiger partial charge in [-0.1, -0.05) is 13.8 Å². The number of alkyl halides is 3. The Morgan fingerprint density at radius 2 is 2.00 bits per heavy atom. The summed E-state index contributed by atoms with van der Waals surface area (Å²) in [7, 11) is 0. The molecule has 0 aliphatic carbocycles. The highest BCUT2D eigenvalue weighted by Crippen LogP contribution is 2.27. The Balaban J connectivity index is 2.53. The molecule has 0 saturated heterocycles. The summed E-state index contributed by atoms with van der Waals surface area (Å²) in [5.41, 5.74) is -2.03. The highest BCUT2D eigenvalue weighted by Gasteiger charge is 2.33. The second-order valence-corrected chi connectivity index (χ2v) is 4.60. The number of carbonyl (C=O) groups is 1. The lowest BCUT2D eigenvalue weighted by atomic mass is 9.98. The van der Waals surface area contributed by atoms with E-state index in [0.717, 1.165) is 16.9 Å². The molecule has 114 valence electrons. The molecule has 0 spiro atoms. The number of hydrogen-bond donors (Lipinski definition) is 2. The lowest BCUT2D eigenvalue weighted by Crippen LogP contribution is -2.43. The highest BCUT2D eigenvalue weighted by atomic mass is 19.4. The van der Waals surface area contributed by atoms with E-state index < -0.39 is 23.4 Å². The summed E-state index contributed by atoms with van der Waals surface area (Å²) in [4.78, 5) is 11.6. The van der Waals surface area contributed by atoms with E-state index in [1.807, 2.05) is 0 Å². The molecule has 0 fully saturated rings. The van der Waals surface area contributed by atoms with Gasteiger partial charge in [0.1, 0.15) is 6.54 Å². The van der Waals surface area contributed by atoms with Gasteiger partial charge in [0.2, 0.25) is 5.91 Å². The Bertz CT molecular complexity index is 453. The van der Waals surface area contributed by atoms with Crippen molar-refractivity contribution < 1.29 is 23.1 Å². The lowest BCUT2D eigenvalue weighted by molar-refractivity contribution is -0.141. The average molecular weight is 293 g/mol. The van der Waals surface area contributed by atoms with Crippen LogP contribution in [0.15, 0.2) is 12.3 Å². The Morgan fingerprint density at radius 3 is 2.45 bits per heavy atom. The van der Waals surface area contributed by atoms with Gasteiger partial charge >= 0.3 is 6.18 Å². The number of hydrogen-bond acceptors (Lipinski definition) is 3. The summed E-state index contributed by atoms with van der Waals surface area (Å²) in [5.74, 6) is -0.498. The van der Waals surface area contributed by atoms with Crippen molar-refractivity contribution >= 4 is 5.91 Å². The number of rotatable bonds is 6. The van der Waals surface area contributed by atoms with Crippen molar-refractivity contribution in [3.8, 4) is 0 Å². The zero-order valence-corrected chi connectivity index (χ0v) is 11.4. The molecular weight excluding hydrogens is 275 g/mol.